The number of imide groups is 1. The predicted molar refractivity (Wildman–Crippen MR) is 90.3 cm³/mol. The minimum Gasteiger partial charge on any atom is -0.468 e. The van der Waals surface area contributed by atoms with Gasteiger partial charge in [-0.3, -0.25) is 14.5 Å². The van der Waals surface area contributed by atoms with Crippen molar-refractivity contribution >= 4 is 29.1 Å². The Labute approximate surface area is 143 Å². The maximum atomic E-state index is 13.2. The molecule has 2 amide bonds. The number of rotatable bonds is 6. The first kappa shape index (κ1) is 16.5. The quantitative estimate of drug-likeness (QED) is 0.747. The summed E-state index contributed by atoms with van der Waals surface area (Å²) in [5.41, 5.74) is 0.889. The van der Waals surface area contributed by atoms with Gasteiger partial charge < -0.3 is 4.42 Å². The summed E-state index contributed by atoms with van der Waals surface area (Å²) in [6.45, 7) is 2.28. The van der Waals surface area contributed by atoms with Gasteiger partial charge in [-0.15, -0.1) is 11.8 Å². The highest BCUT2D eigenvalue weighted by molar-refractivity contribution is 8.03. The Balaban J connectivity index is 1.96. The summed E-state index contributed by atoms with van der Waals surface area (Å²) in [5, 5.41) is 0. The Bertz CT molecular complexity index is 781. The molecule has 0 bridgehead atoms. The molecule has 1 aliphatic heterocycles. The van der Waals surface area contributed by atoms with E-state index in [2.05, 4.69) is 0 Å². The molecular formula is C18H16FNO3S. The summed E-state index contributed by atoms with van der Waals surface area (Å²) < 4.78 is 18.5. The lowest BCUT2D eigenvalue weighted by Gasteiger charge is -2.13. The molecule has 0 saturated heterocycles. The van der Waals surface area contributed by atoms with Gasteiger partial charge in [0.2, 0.25) is 0 Å². The van der Waals surface area contributed by atoms with Crippen molar-refractivity contribution in [1.29, 1.82) is 0 Å². The van der Waals surface area contributed by atoms with Gasteiger partial charge in [-0.2, -0.15) is 0 Å². The molecule has 2 heterocycles. The van der Waals surface area contributed by atoms with Crippen molar-refractivity contribution in [1.82, 2.24) is 4.90 Å². The molecule has 6 heteroatoms. The standard InChI is InChI=1S/C18H16FNO3S/c1-2-9-20-17(21)15(12-5-7-13(19)8-6-12)16(18(20)22)24-11-14-4-3-10-23-14/h3-8,10H,2,9,11H2,1H3. The molecule has 4 nitrogen and oxygen atoms in total. The maximum Gasteiger partial charge on any atom is 0.267 e. The fourth-order valence-electron chi connectivity index (χ4n) is 2.52. The van der Waals surface area contributed by atoms with Gasteiger partial charge >= 0.3 is 0 Å². The number of carbonyl (C=O) groups excluding carboxylic acids is 2. The Morgan fingerprint density at radius 2 is 1.88 bits per heavy atom. The van der Waals surface area contributed by atoms with Crippen LogP contribution in [0.5, 0.6) is 0 Å². The zero-order chi connectivity index (χ0) is 17.1. The van der Waals surface area contributed by atoms with Crippen LogP contribution < -0.4 is 0 Å². The number of furan rings is 1. The van der Waals surface area contributed by atoms with E-state index in [-0.39, 0.29) is 17.6 Å². The van der Waals surface area contributed by atoms with Gasteiger partial charge in [-0.1, -0.05) is 19.1 Å². The number of hydrogen-bond donors (Lipinski definition) is 0. The highest BCUT2D eigenvalue weighted by Crippen LogP contribution is 2.37. The summed E-state index contributed by atoms with van der Waals surface area (Å²) in [6, 6.07) is 9.22. The van der Waals surface area contributed by atoms with E-state index in [0.29, 0.717) is 34.8 Å². The molecule has 0 radical (unpaired) electrons. The lowest BCUT2D eigenvalue weighted by molar-refractivity contribution is -0.136. The van der Waals surface area contributed by atoms with Crippen LogP contribution >= 0.6 is 11.8 Å². The number of hydrogen-bond acceptors (Lipinski definition) is 4. The summed E-state index contributed by atoms with van der Waals surface area (Å²) in [5.74, 6) is 0.172. The van der Waals surface area contributed by atoms with Gasteiger partial charge in [0.05, 0.1) is 22.5 Å². The third-order valence-corrected chi connectivity index (χ3v) is 4.74. The van der Waals surface area contributed by atoms with Crippen LogP contribution in [-0.4, -0.2) is 23.3 Å². The summed E-state index contributed by atoms with van der Waals surface area (Å²) in [4.78, 5) is 27.0. The lowest BCUT2D eigenvalue weighted by Crippen LogP contribution is -2.32. The van der Waals surface area contributed by atoms with Gasteiger partial charge in [-0.25, -0.2) is 4.39 Å². The average molecular weight is 345 g/mol. The first-order valence-corrected chi connectivity index (χ1v) is 8.62. The van der Waals surface area contributed by atoms with Gasteiger partial charge in [0.25, 0.3) is 11.8 Å². The van der Waals surface area contributed by atoms with E-state index in [1.807, 2.05) is 13.0 Å². The molecule has 0 atom stereocenters. The second-order valence-corrected chi connectivity index (χ2v) is 6.33. The van der Waals surface area contributed by atoms with E-state index in [9.17, 15) is 14.0 Å². The number of amides is 2. The van der Waals surface area contributed by atoms with Crippen LogP contribution in [0.2, 0.25) is 0 Å². The Kier molecular flexibility index (Phi) is 4.85. The second kappa shape index (κ2) is 7.05. The van der Waals surface area contributed by atoms with Crippen molar-refractivity contribution in [3.8, 4) is 0 Å². The molecule has 0 fully saturated rings. The molecule has 3 rings (SSSR count). The molecule has 1 aliphatic rings. The van der Waals surface area contributed by atoms with Gasteiger partial charge in [0.15, 0.2) is 0 Å². The third-order valence-electron chi connectivity index (χ3n) is 3.64. The van der Waals surface area contributed by atoms with E-state index in [1.54, 1.807) is 12.3 Å². The van der Waals surface area contributed by atoms with Crippen molar-refractivity contribution in [2.24, 2.45) is 0 Å². The van der Waals surface area contributed by atoms with Crippen LogP contribution in [0, 0.1) is 5.82 Å². The molecule has 0 spiro atoms. The molecule has 124 valence electrons. The van der Waals surface area contributed by atoms with Gasteiger partial charge in [0, 0.05) is 6.54 Å². The molecule has 0 saturated carbocycles. The minimum absolute atomic E-state index is 0.294. The number of nitrogens with zero attached hydrogens (tertiary/aromatic N) is 1. The highest BCUT2D eigenvalue weighted by atomic mass is 32.2. The first-order valence-electron chi connectivity index (χ1n) is 7.63. The lowest BCUT2D eigenvalue weighted by atomic mass is 10.1. The molecule has 1 aromatic heterocycles. The van der Waals surface area contributed by atoms with Gasteiger partial charge in [0.1, 0.15) is 11.6 Å². The summed E-state index contributed by atoms with van der Waals surface area (Å²) >= 11 is 1.27. The van der Waals surface area contributed by atoms with Crippen molar-refractivity contribution in [2.75, 3.05) is 6.54 Å². The van der Waals surface area contributed by atoms with E-state index in [1.165, 1.54) is 40.9 Å². The average Bonchev–Trinajstić information content (AvgIpc) is 3.16. The SMILES string of the molecule is CCCN1C(=O)C(SCc2ccco2)=C(c2ccc(F)cc2)C1=O. The monoisotopic (exact) mass is 345 g/mol. The maximum absolute atomic E-state index is 13.2. The van der Waals surface area contributed by atoms with E-state index in [0.717, 1.165) is 5.76 Å². The predicted octanol–water partition coefficient (Wildman–Crippen LogP) is 3.84. The third kappa shape index (κ3) is 3.14. The summed E-state index contributed by atoms with van der Waals surface area (Å²) in [7, 11) is 0. The molecule has 0 aliphatic carbocycles. The first-order chi connectivity index (χ1) is 11.6. The highest BCUT2D eigenvalue weighted by Gasteiger charge is 2.38. The van der Waals surface area contributed by atoms with Crippen LogP contribution in [0.4, 0.5) is 4.39 Å². The molecule has 24 heavy (non-hydrogen) atoms. The van der Waals surface area contributed by atoms with E-state index in [4.69, 9.17) is 4.42 Å². The van der Waals surface area contributed by atoms with Crippen LogP contribution in [-0.2, 0) is 15.3 Å². The fourth-order valence-corrected chi connectivity index (χ4v) is 3.56. The van der Waals surface area contributed by atoms with Crippen molar-refractivity contribution in [3.63, 3.8) is 0 Å². The number of halogens is 1. The molecule has 2 aromatic rings. The van der Waals surface area contributed by atoms with E-state index < -0.39 is 0 Å². The Morgan fingerprint density at radius 3 is 2.50 bits per heavy atom. The van der Waals surface area contributed by atoms with Crippen molar-refractivity contribution in [2.45, 2.75) is 19.1 Å². The normalized spacial score (nSPS) is 14.8. The van der Waals surface area contributed by atoms with Crippen molar-refractivity contribution < 1.29 is 18.4 Å². The number of thioether (sulfide) groups is 1. The topological polar surface area (TPSA) is 50.5 Å². The van der Waals surface area contributed by atoms with Crippen LogP contribution in [0.1, 0.15) is 24.7 Å². The number of benzene rings is 1. The molecular weight excluding hydrogens is 329 g/mol. The van der Waals surface area contributed by atoms with E-state index >= 15 is 0 Å². The zero-order valence-corrected chi connectivity index (χ0v) is 13.9. The summed E-state index contributed by atoms with van der Waals surface area (Å²) in [6.07, 6.45) is 2.25. The van der Waals surface area contributed by atoms with Crippen LogP contribution in [0.15, 0.2) is 52.0 Å². The molecule has 0 N–H and O–H groups in total. The minimum atomic E-state index is -0.383. The molecule has 0 unspecified atom stereocenters. The Hall–Kier alpha value is -2.34. The van der Waals surface area contributed by atoms with Crippen molar-refractivity contribution in [3.05, 3.63) is 64.7 Å². The number of carbonyl (C=O) groups is 2. The van der Waals surface area contributed by atoms with Crippen LogP contribution in [0.25, 0.3) is 5.57 Å². The van der Waals surface area contributed by atoms with Crippen LogP contribution in [0.3, 0.4) is 0 Å². The van der Waals surface area contributed by atoms with Gasteiger partial charge in [-0.05, 0) is 36.2 Å². The molecule has 1 aromatic carbocycles. The Morgan fingerprint density at radius 1 is 1.12 bits per heavy atom. The second-order valence-electron chi connectivity index (χ2n) is 5.34. The zero-order valence-electron chi connectivity index (χ0n) is 13.1. The fraction of sp³-hybridized carbons (Fsp3) is 0.222. The smallest absolute Gasteiger partial charge is 0.267 e. The largest absolute Gasteiger partial charge is 0.468 e.